The molecule has 0 spiro atoms. The van der Waals surface area contributed by atoms with Gasteiger partial charge < -0.3 is 4.57 Å². The van der Waals surface area contributed by atoms with E-state index >= 15 is 0 Å². The lowest BCUT2D eigenvalue weighted by atomic mass is 9.85. The Morgan fingerprint density at radius 2 is 0.717 bits per heavy atom. The molecule has 9 aromatic carbocycles. The Kier molecular flexibility index (Phi) is 7.23. The Labute approximate surface area is 308 Å². The fourth-order valence-corrected chi connectivity index (χ4v) is 8.27. The molecule has 0 fully saturated rings. The monoisotopic (exact) mass is 672 g/mol. The lowest BCUT2D eigenvalue weighted by Gasteiger charge is -2.18. The van der Waals surface area contributed by atoms with Crippen LogP contribution in [0.5, 0.6) is 0 Å². The van der Waals surface area contributed by atoms with Crippen molar-refractivity contribution < 1.29 is 0 Å². The van der Waals surface area contributed by atoms with Crippen LogP contribution in [0.4, 0.5) is 0 Å². The van der Waals surface area contributed by atoms with Crippen molar-refractivity contribution >= 4 is 43.4 Å². The van der Waals surface area contributed by atoms with Crippen LogP contribution < -0.4 is 0 Å². The zero-order chi connectivity index (χ0) is 35.3. The fourth-order valence-electron chi connectivity index (χ4n) is 8.27. The Balaban J connectivity index is 1.08. The molecule has 0 atom stereocenters. The van der Waals surface area contributed by atoms with Crippen LogP contribution in [-0.4, -0.2) is 4.57 Å². The van der Waals surface area contributed by atoms with Gasteiger partial charge in [-0.2, -0.15) is 5.26 Å². The molecule has 2 nitrogen and oxygen atoms in total. The summed E-state index contributed by atoms with van der Waals surface area (Å²) < 4.78 is 2.22. The quantitative estimate of drug-likeness (QED) is 0.167. The van der Waals surface area contributed by atoms with Gasteiger partial charge in [-0.15, -0.1) is 0 Å². The molecule has 1 aromatic heterocycles. The maximum atomic E-state index is 10.5. The molecule has 53 heavy (non-hydrogen) atoms. The van der Waals surface area contributed by atoms with E-state index < -0.39 is 0 Å². The SMILES string of the molecule is N#Cc1cc(-c2cccc(-c3cccc(-c4c5ccccc5c(-c5ccccc5)c5ccccc45)c3)c2)ccc1-n1c2ccccc2c2ccccc21. The molecule has 0 saturated carbocycles. The molecule has 0 aliphatic carbocycles. The standard InChI is InChI=1S/C51H32N2/c52-33-40-32-38(28-29-47(40)53-48-26-10-8-20-41(48)42-21-9-11-27-49(42)53)36-17-12-16-35(30-36)37-18-13-19-39(31-37)51-45-24-6-4-22-43(45)50(34-14-2-1-3-15-34)44-23-5-7-25-46(44)51/h1-32H. The lowest BCUT2D eigenvalue weighted by Crippen LogP contribution is -1.98. The third-order valence-corrected chi connectivity index (χ3v) is 10.6. The topological polar surface area (TPSA) is 28.7 Å². The Bertz CT molecular complexity index is 2960. The number of aromatic nitrogens is 1. The van der Waals surface area contributed by atoms with Crippen molar-refractivity contribution in [3.8, 4) is 56.3 Å². The summed E-state index contributed by atoms with van der Waals surface area (Å²) in [6.07, 6.45) is 0. The lowest BCUT2D eigenvalue weighted by molar-refractivity contribution is 1.17. The summed E-state index contributed by atoms with van der Waals surface area (Å²) in [5.41, 5.74) is 13.0. The largest absolute Gasteiger partial charge is 0.308 e. The molecule has 0 unspecified atom stereocenters. The van der Waals surface area contributed by atoms with Crippen molar-refractivity contribution in [2.45, 2.75) is 0 Å². The molecule has 0 saturated heterocycles. The number of fused-ring (bicyclic) bond motifs is 5. The minimum Gasteiger partial charge on any atom is -0.308 e. The van der Waals surface area contributed by atoms with E-state index in [1.807, 2.05) is 6.07 Å². The highest BCUT2D eigenvalue weighted by atomic mass is 15.0. The second kappa shape index (κ2) is 12.5. The average Bonchev–Trinajstić information content (AvgIpc) is 3.57. The molecule has 0 aliphatic rings. The van der Waals surface area contributed by atoms with Crippen molar-refractivity contribution in [3.63, 3.8) is 0 Å². The van der Waals surface area contributed by atoms with Gasteiger partial charge in [0.2, 0.25) is 0 Å². The summed E-state index contributed by atoms with van der Waals surface area (Å²) in [6, 6.07) is 71.5. The Morgan fingerprint density at radius 1 is 0.321 bits per heavy atom. The Morgan fingerprint density at radius 3 is 1.25 bits per heavy atom. The minimum absolute atomic E-state index is 0.638. The van der Waals surface area contributed by atoms with Crippen LogP contribution in [0.1, 0.15) is 5.56 Å². The van der Waals surface area contributed by atoms with Gasteiger partial charge in [-0.05, 0) is 102 Å². The van der Waals surface area contributed by atoms with Crippen molar-refractivity contribution in [2.75, 3.05) is 0 Å². The van der Waals surface area contributed by atoms with E-state index in [1.165, 1.54) is 54.6 Å². The summed E-state index contributed by atoms with van der Waals surface area (Å²) in [5, 5.41) is 17.8. The van der Waals surface area contributed by atoms with Crippen LogP contribution in [0.15, 0.2) is 194 Å². The van der Waals surface area contributed by atoms with Gasteiger partial charge in [0, 0.05) is 10.8 Å². The zero-order valence-corrected chi connectivity index (χ0v) is 28.9. The van der Waals surface area contributed by atoms with E-state index in [0.717, 1.165) is 39.0 Å². The van der Waals surface area contributed by atoms with Crippen LogP contribution in [0.2, 0.25) is 0 Å². The number of nitriles is 1. The number of para-hydroxylation sites is 2. The van der Waals surface area contributed by atoms with E-state index in [-0.39, 0.29) is 0 Å². The summed E-state index contributed by atoms with van der Waals surface area (Å²) in [6.45, 7) is 0. The maximum Gasteiger partial charge on any atom is 0.101 e. The van der Waals surface area contributed by atoms with E-state index in [0.29, 0.717) is 5.56 Å². The Hall–Kier alpha value is -7.21. The summed E-state index contributed by atoms with van der Waals surface area (Å²) in [7, 11) is 0. The van der Waals surface area contributed by atoms with E-state index in [1.54, 1.807) is 0 Å². The normalized spacial score (nSPS) is 11.4. The first-order chi connectivity index (χ1) is 26.3. The van der Waals surface area contributed by atoms with E-state index in [9.17, 15) is 5.26 Å². The van der Waals surface area contributed by atoms with Crippen LogP contribution in [0.3, 0.4) is 0 Å². The van der Waals surface area contributed by atoms with Gasteiger partial charge in [0.1, 0.15) is 6.07 Å². The van der Waals surface area contributed by atoms with Gasteiger partial charge in [0.25, 0.3) is 0 Å². The van der Waals surface area contributed by atoms with Crippen LogP contribution in [0.25, 0.3) is 93.5 Å². The van der Waals surface area contributed by atoms with Crippen LogP contribution in [0, 0.1) is 11.3 Å². The fraction of sp³-hybridized carbons (Fsp3) is 0. The molecule has 0 aliphatic heterocycles. The number of hydrogen-bond donors (Lipinski definition) is 0. The third-order valence-electron chi connectivity index (χ3n) is 10.6. The molecule has 0 amide bonds. The van der Waals surface area contributed by atoms with Crippen LogP contribution >= 0.6 is 0 Å². The molecule has 246 valence electrons. The summed E-state index contributed by atoms with van der Waals surface area (Å²) in [4.78, 5) is 0. The van der Waals surface area contributed by atoms with Crippen molar-refractivity contribution in [3.05, 3.63) is 200 Å². The molecule has 0 bridgehead atoms. The van der Waals surface area contributed by atoms with Crippen LogP contribution in [-0.2, 0) is 0 Å². The molecule has 10 rings (SSSR count). The van der Waals surface area contributed by atoms with E-state index in [4.69, 9.17) is 0 Å². The molecule has 10 aromatic rings. The average molecular weight is 673 g/mol. The van der Waals surface area contributed by atoms with Gasteiger partial charge in [0.05, 0.1) is 22.3 Å². The molecule has 0 N–H and O–H groups in total. The number of rotatable bonds is 5. The van der Waals surface area contributed by atoms with Crippen molar-refractivity contribution in [2.24, 2.45) is 0 Å². The van der Waals surface area contributed by atoms with Gasteiger partial charge in [0.15, 0.2) is 0 Å². The summed E-state index contributed by atoms with van der Waals surface area (Å²) >= 11 is 0. The van der Waals surface area contributed by atoms with Gasteiger partial charge >= 0.3 is 0 Å². The second-order valence-corrected chi connectivity index (χ2v) is 13.6. The molecule has 2 heteroatoms. The third kappa shape index (κ3) is 5.02. The molecular weight excluding hydrogens is 641 g/mol. The maximum absolute atomic E-state index is 10.5. The molecular formula is C51H32N2. The smallest absolute Gasteiger partial charge is 0.101 e. The molecule has 0 radical (unpaired) electrons. The number of hydrogen-bond acceptors (Lipinski definition) is 1. The first kappa shape index (κ1) is 30.6. The first-order valence-corrected chi connectivity index (χ1v) is 18.0. The first-order valence-electron chi connectivity index (χ1n) is 18.0. The van der Waals surface area contributed by atoms with Gasteiger partial charge in [-0.3, -0.25) is 0 Å². The minimum atomic E-state index is 0.638. The van der Waals surface area contributed by atoms with Crippen molar-refractivity contribution in [1.29, 1.82) is 5.26 Å². The zero-order valence-electron chi connectivity index (χ0n) is 28.9. The van der Waals surface area contributed by atoms with E-state index in [2.05, 4.69) is 199 Å². The highest BCUT2D eigenvalue weighted by Crippen LogP contribution is 2.44. The second-order valence-electron chi connectivity index (χ2n) is 13.6. The predicted molar refractivity (Wildman–Crippen MR) is 222 cm³/mol. The van der Waals surface area contributed by atoms with Crippen molar-refractivity contribution in [1.82, 2.24) is 4.57 Å². The van der Waals surface area contributed by atoms with Gasteiger partial charge in [-0.25, -0.2) is 0 Å². The summed E-state index contributed by atoms with van der Waals surface area (Å²) in [5.74, 6) is 0. The highest BCUT2D eigenvalue weighted by Gasteiger charge is 2.18. The number of nitrogens with zero attached hydrogens (tertiary/aromatic N) is 2. The highest BCUT2D eigenvalue weighted by molar-refractivity contribution is 6.21. The molecule has 1 heterocycles. The van der Waals surface area contributed by atoms with Gasteiger partial charge in [-0.1, -0.05) is 158 Å². The predicted octanol–water partition coefficient (Wildman–Crippen LogP) is 13.6. The number of benzene rings is 9.